The van der Waals surface area contributed by atoms with E-state index in [4.69, 9.17) is 46.5 Å². The van der Waals surface area contributed by atoms with Crippen LogP contribution in [0.2, 0.25) is 26.2 Å². The Bertz CT molecular complexity index is 2530. The first-order valence-corrected chi connectivity index (χ1v) is 27.3. The van der Waals surface area contributed by atoms with Gasteiger partial charge in [-0.2, -0.15) is 47.5 Å². The third kappa shape index (κ3) is 10.6. The molecule has 0 saturated carbocycles. The van der Waals surface area contributed by atoms with Crippen molar-refractivity contribution in [3.05, 3.63) is 134 Å². The molecule has 3 nitrogen and oxygen atoms in total. The first kappa shape index (κ1) is 44.4. The largest absolute Gasteiger partial charge is 1.00 e. The van der Waals surface area contributed by atoms with Gasteiger partial charge in [0.25, 0.3) is 0 Å². The van der Waals surface area contributed by atoms with Gasteiger partial charge < -0.3 is 13.3 Å². The Hall–Kier alpha value is -1.32. The summed E-state index contributed by atoms with van der Waals surface area (Å²) < 4.78 is 19.9. The van der Waals surface area contributed by atoms with E-state index in [1.807, 2.05) is 49.5 Å². The van der Waals surface area contributed by atoms with Crippen molar-refractivity contribution in [2.24, 2.45) is 0 Å². The van der Waals surface area contributed by atoms with Gasteiger partial charge in [-0.25, -0.2) is 0 Å². The summed E-state index contributed by atoms with van der Waals surface area (Å²) in [4.78, 5) is 0. The van der Waals surface area contributed by atoms with Crippen LogP contribution in [0, 0.1) is 26.2 Å². The quantitative estimate of drug-likeness (QED) is 0.0716. The van der Waals surface area contributed by atoms with Crippen molar-refractivity contribution in [2.45, 2.75) is 33.1 Å². The number of para-hydroxylation sites is 6. The second-order valence-corrected chi connectivity index (χ2v) is 30.3. The minimum absolute atomic E-state index is 0. The van der Waals surface area contributed by atoms with Crippen molar-refractivity contribution in [1.29, 1.82) is 0 Å². The van der Waals surface area contributed by atoms with E-state index in [0.29, 0.717) is 0 Å². The molecule has 0 bridgehead atoms. The zero-order valence-electron chi connectivity index (χ0n) is 30.5. The molecule has 0 N–H and O–H groups in total. The average molecular weight is 1000 g/mol. The van der Waals surface area contributed by atoms with Crippen LogP contribution < -0.4 is 42.9 Å². The average Bonchev–Trinajstić information content (AvgIpc) is 3.78. The number of benzene rings is 6. The molecule has 9 aromatic rings. The summed E-state index contributed by atoms with van der Waals surface area (Å²) in [5, 5.41) is 8.15. The maximum absolute atomic E-state index is 6.58. The van der Waals surface area contributed by atoms with E-state index in [9.17, 15) is 0 Å². The number of hydrogen-bond acceptors (Lipinski definition) is 3. The molecule has 260 valence electrons. The van der Waals surface area contributed by atoms with E-state index in [1.54, 1.807) is 0 Å². The Morgan fingerprint density at radius 2 is 0.868 bits per heavy atom. The molecule has 12 heteroatoms. The third-order valence-corrected chi connectivity index (χ3v) is 11.9. The van der Waals surface area contributed by atoms with E-state index in [0.717, 1.165) is 51.4 Å². The second-order valence-electron chi connectivity index (χ2n) is 12.8. The minimum atomic E-state index is -1.90. The Labute approximate surface area is 377 Å². The van der Waals surface area contributed by atoms with Gasteiger partial charge in [0.15, 0.2) is 7.38 Å². The van der Waals surface area contributed by atoms with Crippen molar-refractivity contribution in [3.63, 3.8) is 0 Å². The zero-order chi connectivity index (χ0) is 36.5. The van der Waals surface area contributed by atoms with Crippen LogP contribution in [0.4, 0.5) is 0 Å². The van der Waals surface area contributed by atoms with Gasteiger partial charge in [0.1, 0.15) is 22.3 Å². The monoisotopic (exact) mass is 1000 g/mol. The van der Waals surface area contributed by atoms with E-state index in [-0.39, 0.29) is 37.7 Å². The van der Waals surface area contributed by atoms with Gasteiger partial charge in [0.05, 0.1) is 7.14 Å². The molecule has 9 rings (SSSR count). The number of hydrogen-bond donors (Lipinski definition) is 0. The van der Waals surface area contributed by atoms with Crippen molar-refractivity contribution in [3.8, 4) is 0 Å². The van der Waals surface area contributed by atoms with Crippen LogP contribution >= 0.6 is 78.4 Å². The fraction of sp³-hybridized carbons (Fsp3) is 0.122. The zero-order valence-corrected chi connectivity index (χ0v) is 39.1. The topological polar surface area (TPSA) is 39.4 Å². The van der Waals surface area contributed by atoms with Crippen molar-refractivity contribution < 1.29 is 51.0 Å². The summed E-state index contributed by atoms with van der Waals surface area (Å²) in [6.07, 6.45) is 0. The van der Waals surface area contributed by atoms with Gasteiger partial charge in [-0.3, -0.25) is 0 Å². The molecule has 0 fully saturated rings. The van der Waals surface area contributed by atoms with Gasteiger partial charge in [-0.1, -0.05) is 73.8 Å². The van der Waals surface area contributed by atoms with Crippen LogP contribution in [0.15, 0.2) is 122 Å². The normalized spacial score (nSPS) is 11.3. The van der Waals surface area contributed by atoms with Gasteiger partial charge in [-0.15, -0.1) is 45.1 Å². The number of rotatable bonds is 1. The molecular formula is C41H33Cl3I2Li2O3Si2. The molecule has 0 aliphatic rings. The molecule has 6 aromatic carbocycles. The predicted molar refractivity (Wildman–Crippen MR) is 241 cm³/mol. The number of fused-ring (bicyclic) bond motifs is 9. The fourth-order valence-corrected chi connectivity index (χ4v) is 8.60. The number of aryl methyl sites for hydroxylation is 1. The molecule has 3 heterocycles. The standard InChI is InChI=1S/C15H15ClOSi.C12H6I2O.C12H6O.C2H6Cl2Si.2Li/c1-10-6-4-7-11-12-8-5-9-13(18(2,3)16)15(12)17-14(10)11;13-9-5-1-3-7-8-4-2-6-10(14)12(8)15-11(7)9;1-3-7-11-9(5-1)10-6-2-4-8-12(10)13-11;1-5(2,3)4;;/h4-9H,1-3H3;1-6H;1-6H;1-2H3;;/q;;-2;;2*+1. The van der Waals surface area contributed by atoms with Crippen molar-refractivity contribution >= 4 is 163 Å². The van der Waals surface area contributed by atoms with Crippen LogP contribution in [0.3, 0.4) is 0 Å². The molecular weight excluding hydrogens is 971 g/mol. The molecule has 0 radical (unpaired) electrons. The molecule has 0 spiro atoms. The Morgan fingerprint density at radius 1 is 0.491 bits per heavy atom. The van der Waals surface area contributed by atoms with E-state index in [1.165, 1.54) is 32.3 Å². The first-order chi connectivity index (χ1) is 24.2. The molecule has 3 aromatic heterocycles. The third-order valence-electron chi connectivity index (χ3n) is 7.92. The summed E-state index contributed by atoms with van der Waals surface area (Å²) in [6, 6.07) is 42.8. The van der Waals surface area contributed by atoms with Crippen LogP contribution in [-0.2, 0) is 0 Å². The van der Waals surface area contributed by atoms with E-state index >= 15 is 0 Å². The van der Waals surface area contributed by atoms with Crippen molar-refractivity contribution in [2.75, 3.05) is 0 Å². The maximum Gasteiger partial charge on any atom is 1.00 e. The second kappa shape index (κ2) is 18.7. The summed E-state index contributed by atoms with van der Waals surface area (Å²) in [5.74, 6) is 0. The summed E-state index contributed by atoms with van der Waals surface area (Å²) >= 11 is 22.1. The Kier molecular flexibility index (Phi) is 15.7. The minimum Gasteiger partial charge on any atom is -0.510 e. The summed E-state index contributed by atoms with van der Waals surface area (Å²) in [6.45, 7) is 8.38. The van der Waals surface area contributed by atoms with Crippen LogP contribution in [0.5, 0.6) is 0 Å². The van der Waals surface area contributed by atoms with Crippen LogP contribution in [0.25, 0.3) is 65.8 Å². The van der Waals surface area contributed by atoms with Gasteiger partial charge in [0.2, 0.25) is 6.69 Å². The molecule has 0 unspecified atom stereocenters. The molecule has 0 amide bonds. The molecule has 0 saturated heterocycles. The first-order valence-electron chi connectivity index (χ1n) is 16.1. The Balaban J connectivity index is 0.000000165. The predicted octanol–water partition coefficient (Wildman–Crippen LogP) is 8.70. The smallest absolute Gasteiger partial charge is 0.510 e. The van der Waals surface area contributed by atoms with Crippen LogP contribution in [-0.4, -0.2) is 14.1 Å². The molecule has 0 aliphatic carbocycles. The van der Waals surface area contributed by atoms with Gasteiger partial charge >= 0.3 is 37.7 Å². The maximum atomic E-state index is 6.58. The molecule has 0 aliphatic heterocycles. The summed E-state index contributed by atoms with van der Waals surface area (Å²) in [5.41, 5.74) is 6.72. The molecule has 0 atom stereocenters. The van der Waals surface area contributed by atoms with Crippen molar-refractivity contribution in [1.82, 2.24) is 0 Å². The van der Waals surface area contributed by atoms with Crippen LogP contribution in [0.1, 0.15) is 5.56 Å². The molecule has 53 heavy (non-hydrogen) atoms. The van der Waals surface area contributed by atoms with E-state index < -0.39 is 14.1 Å². The van der Waals surface area contributed by atoms with E-state index in [2.05, 4.69) is 150 Å². The van der Waals surface area contributed by atoms with Gasteiger partial charge in [-0.05, 0) is 88.1 Å². The SMILES string of the molecule is C[Si](C)(Cl)Cl.Cc1cccc2c1oc1c([Si](C)(C)Cl)cccc12.Ic1cccc2c1oc1c(I)cccc12.[Li+].[Li+].[c-]1cccc2c1oc1[c-]cccc12. The van der Waals surface area contributed by atoms with Gasteiger partial charge in [0, 0.05) is 32.7 Å². The fourth-order valence-electron chi connectivity index (χ4n) is 5.72. The summed E-state index contributed by atoms with van der Waals surface area (Å²) in [7, 11) is -1.90. The number of furan rings is 3. The Morgan fingerprint density at radius 3 is 1.34 bits per heavy atom. The number of halogens is 5.